The number of hydrogen-bond acceptors (Lipinski definition) is 3. The Morgan fingerprint density at radius 1 is 1.17 bits per heavy atom. The highest BCUT2D eigenvalue weighted by atomic mass is 16.1. The Balaban J connectivity index is 1.74. The molecule has 0 radical (unpaired) electrons. The van der Waals surface area contributed by atoms with Gasteiger partial charge in [-0.2, -0.15) is 0 Å². The lowest BCUT2D eigenvalue weighted by atomic mass is 9.98. The molecule has 4 nitrogen and oxygen atoms in total. The number of nitrogen functional groups attached to an aromatic ring is 1. The van der Waals surface area contributed by atoms with Gasteiger partial charge in [0.25, 0.3) is 0 Å². The second kappa shape index (κ2) is 7.39. The summed E-state index contributed by atoms with van der Waals surface area (Å²) in [6.45, 7) is 4.34. The zero-order valence-electron chi connectivity index (χ0n) is 14.2. The minimum absolute atomic E-state index is 0.0153. The fourth-order valence-corrected chi connectivity index (χ4v) is 3.15. The number of amides is 1. The van der Waals surface area contributed by atoms with Crippen molar-refractivity contribution in [2.24, 2.45) is 5.92 Å². The quantitative estimate of drug-likeness (QED) is 0.844. The number of anilines is 3. The molecule has 1 aliphatic rings. The zero-order chi connectivity index (χ0) is 16.9. The molecular formula is C20H25N3O. The molecule has 0 spiro atoms. The van der Waals surface area contributed by atoms with Gasteiger partial charge in [0.15, 0.2) is 0 Å². The van der Waals surface area contributed by atoms with Crippen molar-refractivity contribution in [3.8, 4) is 0 Å². The van der Waals surface area contributed by atoms with Crippen molar-refractivity contribution < 1.29 is 4.79 Å². The highest BCUT2D eigenvalue weighted by Crippen LogP contribution is 2.31. The van der Waals surface area contributed by atoms with Crippen LogP contribution in [0.25, 0.3) is 0 Å². The molecule has 24 heavy (non-hydrogen) atoms. The Hall–Kier alpha value is -2.49. The van der Waals surface area contributed by atoms with E-state index in [1.165, 1.54) is 12.8 Å². The molecule has 1 fully saturated rings. The van der Waals surface area contributed by atoms with Gasteiger partial charge in [-0.05, 0) is 42.5 Å². The van der Waals surface area contributed by atoms with E-state index >= 15 is 0 Å². The van der Waals surface area contributed by atoms with Crippen LogP contribution in [0.1, 0.15) is 25.3 Å². The summed E-state index contributed by atoms with van der Waals surface area (Å²) < 4.78 is 0. The molecule has 2 aromatic carbocycles. The van der Waals surface area contributed by atoms with E-state index in [2.05, 4.69) is 17.1 Å². The van der Waals surface area contributed by atoms with Crippen LogP contribution in [0.5, 0.6) is 0 Å². The van der Waals surface area contributed by atoms with Gasteiger partial charge in [0.1, 0.15) is 0 Å². The van der Waals surface area contributed by atoms with E-state index in [1.54, 1.807) is 0 Å². The average molecular weight is 323 g/mol. The normalized spacial score (nSPS) is 15.3. The molecule has 1 amide bonds. The maximum atomic E-state index is 12.4. The molecule has 0 bridgehead atoms. The maximum absolute atomic E-state index is 12.4. The fourth-order valence-electron chi connectivity index (χ4n) is 3.15. The third kappa shape index (κ3) is 4.07. The lowest BCUT2D eigenvalue weighted by Crippen LogP contribution is -2.33. The minimum atomic E-state index is -0.0153. The number of nitrogens with one attached hydrogen (secondary N) is 1. The van der Waals surface area contributed by atoms with Gasteiger partial charge in [-0.25, -0.2) is 0 Å². The number of rotatable bonds is 4. The first-order chi connectivity index (χ1) is 11.6. The van der Waals surface area contributed by atoms with Gasteiger partial charge in [0, 0.05) is 18.8 Å². The summed E-state index contributed by atoms with van der Waals surface area (Å²) in [5.74, 6) is 0.754. The van der Waals surface area contributed by atoms with Crippen molar-refractivity contribution in [1.29, 1.82) is 0 Å². The molecule has 0 saturated carbocycles. The first kappa shape index (κ1) is 16.4. The summed E-state index contributed by atoms with van der Waals surface area (Å²) in [5.41, 5.74) is 9.49. The van der Waals surface area contributed by atoms with Crippen LogP contribution in [-0.2, 0) is 11.2 Å². The van der Waals surface area contributed by atoms with Gasteiger partial charge in [0.05, 0.1) is 17.8 Å². The maximum Gasteiger partial charge on any atom is 0.228 e. The van der Waals surface area contributed by atoms with Gasteiger partial charge in [0.2, 0.25) is 5.91 Å². The largest absolute Gasteiger partial charge is 0.399 e. The first-order valence-electron chi connectivity index (χ1n) is 8.60. The highest BCUT2D eigenvalue weighted by Gasteiger charge is 2.19. The molecule has 1 saturated heterocycles. The Morgan fingerprint density at radius 2 is 1.88 bits per heavy atom. The van der Waals surface area contributed by atoms with Crippen molar-refractivity contribution in [3.05, 3.63) is 54.1 Å². The van der Waals surface area contributed by atoms with Crippen LogP contribution in [0, 0.1) is 5.92 Å². The predicted octanol–water partition coefficient (Wildman–Crippen LogP) is 3.69. The van der Waals surface area contributed by atoms with Crippen LogP contribution >= 0.6 is 0 Å². The first-order valence-corrected chi connectivity index (χ1v) is 8.60. The van der Waals surface area contributed by atoms with Crippen molar-refractivity contribution in [1.82, 2.24) is 0 Å². The number of nitrogens with two attached hydrogens (primary N) is 1. The second-order valence-electron chi connectivity index (χ2n) is 6.66. The summed E-state index contributed by atoms with van der Waals surface area (Å²) in [6, 6.07) is 15.6. The molecule has 4 heteroatoms. The average Bonchev–Trinajstić information content (AvgIpc) is 2.57. The van der Waals surface area contributed by atoms with E-state index in [0.717, 1.165) is 35.9 Å². The Labute approximate surface area is 143 Å². The van der Waals surface area contributed by atoms with E-state index in [9.17, 15) is 4.79 Å². The molecule has 3 N–H and O–H groups in total. The number of piperidine rings is 1. The Bertz CT molecular complexity index is 691. The summed E-state index contributed by atoms with van der Waals surface area (Å²) in [5, 5.41) is 3.05. The third-order valence-electron chi connectivity index (χ3n) is 4.63. The van der Waals surface area contributed by atoms with Crippen LogP contribution in [0.4, 0.5) is 17.1 Å². The monoisotopic (exact) mass is 323 g/mol. The molecule has 0 aliphatic carbocycles. The standard InChI is InChI=1S/C20H25N3O/c1-15-9-11-23(12-10-15)19-8-7-17(21)14-18(19)22-20(24)13-16-5-3-2-4-6-16/h2-8,14-15H,9-13,21H2,1H3,(H,22,24). The van der Waals surface area contributed by atoms with Gasteiger partial charge in [-0.15, -0.1) is 0 Å². The molecule has 3 rings (SSSR count). The van der Waals surface area contributed by atoms with Crippen molar-refractivity contribution >= 4 is 23.0 Å². The number of benzene rings is 2. The van der Waals surface area contributed by atoms with Gasteiger partial charge < -0.3 is 16.0 Å². The SMILES string of the molecule is CC1CCN(c2ccc(N)cc2NC(=O)Cc2ccccc2)CC1. The molecule has 2 aromatic rings. The second-order valence-corrected chi connectivity index (χ2v) is 6.66. The van der Waals surface area contributed by atoms with E-state index in [1.807, 2.05) is 48.5 Å². The molecule has 126 valence electrons. The highest BCUT2D eigenvalue weighted by molar-refractivity contribution is 5.96. The smallest absolute Gasteiger partial charge is 0.228 e. The van der Waals surface area contributed by atoms with Crippen molar-refractivity contribution in [2.75, 3.05) is 29.0 Å². The molecule has 1 aliphatic heterocycles. The van der Waals surface area contributed by atoms with Crippen LogP contribution in [0.2, 0.25) is 0 Å². The van der Waals surface area contributed by atoms with E-state index in [0.29, 0.717) is 12.1 Å². The topological polar surface area (TPSA) is 58.4 Å². The zero-order valence-corrected chi connectivity index (χ0v) is 14.2. The molecular weight excluding hydrogens is 298 g/mol. The molecule has 0 aromatic heterocycles. The molecule has 1 heterocycles. The van der Waals surface area contributed by atoms with Gasteiger partial charge in [-0.1, -0.05) is 37.3 Å². The Kier molecular flexibility index (Phi) is 5.04. The lowest BCUT2D eigenvalue weighted by molar-refractivity contribution is -0.115. The lowest BCUT2D eigenvalue weighted by Gasteiger charge is -2.33. The number of carbonyl (C=O) groups is 1. The minimum Gasteiger partial charge on any atom is -0.399 e. The van der Waals surface area contributed by atoms with E-state index in [4.69, 9.17) is 5.73 Å². The van der Waals surface area contributed by atoms with E-state index in [-0.39, 0.29) is 5.91 Å². The molecule has 0 unspecified atom stereocenters. The number of nitrogens with zero attached hydrogens (tertiary/aromatic N) is 1. The summed E-state index contributed by atoms with van der Waals surface area (Å²) in [7, 11) is 0. The van der Waals surface area contributed by atoms with Crippen LogP contribution in [-0.4, -0.2) is 19.0 Å². The molecule has 0 atom stereocenters. The van der Waals surface area contributed by atoms with Crippen molar-refractivity contribution in [3.63, 3.8) is 0 Å². The van der Waals surface area contributed by atoms with Gasteiger partial charge >= 0.3 is 0 Å². The third-order valence-corrected chi connectivity index (χ3v) is 4.63. The number of carbonyl (C=O) groups excluding carboxylic acids is 1. The summed E-state index contributed by atoms with van der Waals surface area (Å²) in [6.07, 6.45) is 2.73. The van der Waals surface area contributed by atoms with E-state index < -0.39 is 0 Å². The Morgan fingerprint density at radius 3 is 2.58 bits per heavy atom. The fraction of sp³-hybridized carbons (Fsp3) is 0.350. The predicted molar refractivity (Wildman–Crippen MR) is 100 cm³/mol. The van der Waals surface area contributed by atoms with Gasteiger partial charge in [-0.3, -0.25) is 4.79 Å². The van der Waals surface area contributed by atoms with Crippen molar-refractivity contribution in [2.45, 2.75) is 26.2 Å². The van der Waals surface area contributed by atoms with Crippen LogP contribution < -0.4 is 16.0 Å². The number of hydrogen-bond donors (Lipinski definition) is 2. The summed E-state index contributed by atoms with van der Waals surface area (Å²) >= 11 is 0. The van der Waals surface area contributed by atoms with Crippen LogP contribution in [0.3, 0.4) is 0 Å². The summed E-state index contributed by atoms with van der Waals surface area (Å²) in [4.78, 5) is 14.8. The van der Waals surface area contributed by atoms with Crippen LogP contribution in [0.15, 0.2) is 48.5 Å².